The number of nitriles is 1. The summed E-state index contributed by atoms with van der Waals surface area (Å²) in [5, 5.41) is 8.40. The molecule has 0 aromatic carbocycles. The van der Waals surface area contributed by atoms with Crippen LogP contribution in [0, 0.1) is 11.3 Å². The van der Waals surface area contributed by atoms with Gasteiger partial charge in [-0.15, -0.1) is 0 Å². The van der Waals surface area contributed by atoms with Gasteiger partial charge in [0.1, 0.15) is 5.69 Å². The molecule has 0 aliphatic carbocycles. The number of halogens is 4. The smallest absolute Gasteiger partial charge is 0.249 e. The van der Waals surface area contributed by atoms with Crippen molar-refractivity contribution in [2.24, 2.45) is 0 Å². The minimum absolute atomic E-state index is 0.0194. The Morgan fingerprint density at radius 2 is 2.14 bits per heavy atom. The molecule has 0 aliphatic heterocycles. The molecule has 74 valence electrons. The molecule has 0 aliphatic rings. The molecule has 1 aromatic rings. The van der Waals surface area contributed by atoms with Crippen LogP contribution in [-0.4, -0.2) is 4.98 Å². The van der Waals surface area contributed by atoms with E-state index in [0.29, 0.717) is 10.2 Å². The highest BCUT2D eigenvalue weighted by molar-refractivity contribution is 9.13. The van der Waals surface area contributed by atoms with Crippen LogP contribution < -0.4 is 0 Å². The van der Waals surface area contributed by atoms with E-state index in [-0.39, 0.29) is 16.6 Å². The maximum Gasteiger partial charge on any atom is 0.281 e. The standard InChI is InChI=1S/C8H4Br2F2N2/c9-5-3-4(1-2-13)14-7(6(5)10)8(11)12/h3,8H,1H2. The summed E-state index contributed by atoms with van der Waals surface area (Å²) in [6, 6.07) is 3.39. The van der Waals surface area contributed by atoms with Crippen LogP contribution in [0.15, 0.2) is 15.0 Å². The summed E-state index contributed by atoms with van der Waals surface area (Å²) in [6.07, 6.45) is -2.63. The monoisotopic (exact) mass is 324 g/mol. The number of rotatable bonds is 2. The molecule has 1 heterocycles. The summed E-state index contributed by atoms with van der Waals surface area (Å²) in [7, 11) is 0. The predicted octanol–water partition coefficient (Wildman–Crippen LogP) is 3.61. The van der Waals surface area contributed by atoms with Crippen molar-refractivity contribution in [2.75, 3.05) is 0 Å². The topological polar surface area (TPSA) is 36.7 Å². The highest BCUT2D eigenvalue weighted by atomic mass is 79.9. The Bertz CT molecular complexity index is 388. The molecule has 0 fully saturated rings. The summed E-state index contributed by atoms with van der Waals surface area (Å²) in [4.78, 5) is 3.67. The third-order valence-corrected chi connectivity index (χ3v) is 3.45. The van der Waals surface area contributed by atoms with Crippen LogP contribution in [0.25, 0.3) is 0 Å². The minimum Gasteiger partial charge on any atom is -0.249 e. The molecule has 1 rings (SSSR count). The van der Waals surface area contributed by atoms with E-state index in [2.05, 4.69) is 36.8 Å². The number of hydrogen-bond donors (Lipinski definition) is 0. The molecule has 6 heteroatoms. The second-order valence-electron chi connectivity index (χ2n) is 2.43. The van der Waals surface area contributed by atoms with Gasteiger partial charge in [-0.25, -0.2) is 13.8 Å². The fraction of sp³-hybridized carbons (Fsp3) is 0.250. The van der Waals surface area contributed by atoms with E-state index in [0.717, 1.165) is 0 Å². The number of alkyl halides is 2. The minimum atomic E-state index is -2.65. The molecule has 0 atom stereocenters. The zero-order valence-electron chi connectivity index (χ0n) is 6.77. The predicted molar refractivity (Wildman–Crippen MR) is 53.9 cm³/mol. The number of aromatic nitrogens is 1. The Hall–Kier alpha value is -0.540. The molecule has 0 amide bonds. The Morgan fingerprint density at radius 3 is 2.64 bits per heavy atom. The van der Waals surface area contributed by atoms with Gasteiger partial charge in [0.05, 0.1) is 22.7 Å². The molecule has 0 radical (unpaired) electrons. The maximum atomic E-state index is 12.4. The lowest BCUT2D eigenvalue weighted by molar-refractivity contribution is 0.145. The van der Waals surface area contributed by atoms with Crippen LogP contribution in [0.5, 0.6) is 0 Å². The van der Waals surface area contributed by atoms with Crippen molar-refractivity contribution in [2.45, 2.75) is 12.8 Å². The van der Waals surface area contributed by atoms with E-state index in [1.54, 1.807) is 6.07 Å². The summed E-state index contributed by atoms with van der Waals surface area (Å²) < 4.78 is 25.6. The maximum absolute atomic E-state index is 12.4. The second-order valence-corrected chi connectivity index (χ2v) is 4.08. The molecule has 0 N–H and O–H groups in total. The summed E-state index contributed by atoms with van der Waals surface area (Å²) in [5.74, 6) is 0. The molecular weight excluding hydrogens is 322 g/mol. The normalized spacial score (nSPS) is 10.3. The molecule has 1 aromatic heterocycles. The van der Waals surface area contributed by atoms with Crippen molar-refractivity contribution in [1.82, 2.24) is 4.98 Å². The lowest BCUT2D eigenvalue weighted by atomic mass is 10.2. The Balaban J connectivity index is 3.22. The summed E-state index contributed by atoms with van der Waals surface area (Å²) in [5.41, 5.74) is -0.0116. The van der Waals surface area contributed by atoms with Gasteiger partial charge < -0.3 is 0 Å². The number of pyridine rings is 1. The second kappa shape index (κ2) is 4.80. The first kappa shape index (κ1) is 11.5. The van der Waals surface area contributed by atoms with Gasteiger partial charge in [0.25, 0.3) is 6.43 Å². The van der Waals surface area contributed by atoms with Gasteiger partial charge in [-0.3, -0.25) is 0 Å². The summed E-state index contributed by atoms with van der Waals surface area (Å²) in [6.45, 7) is 0. The fourth-order valence-electron chi connectivity index (χ4n) is 0.884. The average Bonchev–Trinajstić information content (AvgIpc) is 2.11. The van der Waals surface area contributed by atoms with Crippen LogP contribution in [0.2, 0.25) is 0 Å². The third kappa shape index (κ3) is 2.49. The van der Waals surface area contributed by atoms with Crippen molar-refractivity contribution >= 4 is 31.9 Å². The summed E-state index contributed by atoms with van der Waals surface area (Å²) >= 11 is 6.10. The first-order chi connectivity index (χ1) is 6.56. The number of hydrogen-bond acceptors (Lipinski definition) is 2. The van der Waals surface area contributed by atoms with Crippen molar-refractivity contribution in [3.8, 4) is 6.07 Å². The SMILES string of the molecule is N#CCc1cc(Br)c(Br)c(C(F)F)n1. The van der Waals surface area contributed by atoms with Crippen LogP contribution in [0.4, 0.5) is 8.78 Å². The van der Waals surface area contributed by atoms with Crippen molar-refractivity contribution in [1.29, 1.82) is 5.26 Å². The van der Waals surface area contributed by atoms with Crippen LogP contribution in [0.3, 0.4) is 0 Å². The van der Waals surface area contributed by atoms with E-state index in [9.17, 15) is 8.78 Å². The first-order valence-electron chi connectivity index (χ1n) is 3.56. The Morgan fingerprint density at radius 1 is 1.50 bits per heavy atom. The third-order valence-electron chi connectivity index (χ3n) is 1.46. The Labute approximate surface area is 96.2 Å². The molecule has 0 unspecified atom stereocenters. The first-order valence-corrected chi connectivity index (χ1v) is 5.14. The van der Waals surface area contributed by atoms with Crippen LogP contribution in [-0.2, 0) is 6.42 Å². The van der Waals surface area contributed by atoms with Gasteiger partial charge in [0.2, 0.25) is 0 Å². The fourth-order valence-corrected chi connectivity index (χ4v) is 1.73. The van der Waals surface area contributed by atoms with E-state index in [1.165, 1.54) is 0 Å². The zero-order valence-corrected chi connectivity index (χ0v) is 9.94. The number of nitrogens with zero attached hydrogens (tertiary/aromatic N) is 2. The Kier molecular flexibility index (Phi) is 3.96. The average molecular weight is 326 g/mol. The lowest BCUT2D eigenvalue weighted by Crippen LogP contribution is -1.98. The van der Waals surface area contributed by atoms with Gasteiger partial charge in [-0.05, 0) is 37.9 Å². The van der Waals surface area contributed by atoms with E-state index >= 15 is 0 Å². The van der Waals surface area contributed by atoms with Crippen LogP contribution >= 0.6 is 31.9 Å². The zero-order chi connectivity index (χ0) is 10.7. The highest BCUT2D eigenvalue weighted by Gasteiger charge is 2.17. The molecule has 0 saturated carbocycles. The quantitative estimate of drug-likeness (QED) is 0.832. The molecule has 2 nitrogen and oxygen atoms in total. The molecule has 14 heavy (non-hydrogen) atoms. The lowest BCUT2D eigenvalue weighted by Gasteiger charge is -2.06. The van der Waals surface area contributed by atoms with E-state index in [4.69, 9.17) is 5.26 Å². The van der Waals surface area contributed by atoms with E-state index < -0.39 is 6.43 Å². The van der Waals surface area contributed by atoms with Gasteiger partial charge in [0.15, 0.2) is 0 Å². The highest BCUT2D eigenvalue weighted by Crippen LogP contribution is 2.32. The van der Waals surface area contributed by atoms with Crippen molar-refractivity contribution < 1.29 is 8.78 Å². The van der Waals surface area contributed by atoms with Crippen molar-refractivity contribution in [3.63, 3.8) is 0 Å². The largest absolute Gasteiger partial charge is 0.281 e. The molecule has 0 spiro atoms. The molecule has 0 bridgehead atoms. The van der Waals surface area contributed by atoms with Gasteiger partial charge in [-0.1, -0.05) is 0 Å². The van der Waals surface area contributed by atoms with Crippen molar-refractivity contribution in [3.05, 3.63) is 26.4 Å². The van der Waals surface area contributed by atoms with Gasteiger partial charge >= 0.3 is 0 Å². The molecular formula is C8H4Br2F2N2. The van der Waals surface area contributed by atoms with E-state index in [1.807, 2.05) is 6.07 Å². The van der Waals surface area contributed by atoms with Crippen LogP contribution in [0.1, 0.15) is 17.8 Å². The van der Waals surface area contributed by atoms with Gasteiger partial charge in [0, 0.05) is 4.47 Å². The van der Waals surface area contributed by atoms with Gasteiger partial charge in [-0.2, -0.15) is 5.26 Å². The molecule has 0 saturated heterocycles.